The normalized spacial score (nSPS) is 15.3. The molecule has 1 saturated heterocycles. The molecule has 1 aromatic heterocycles. The number of nitrogens with zero attached hydrogens (tertiary/aromatic N) is 3. The van der Waals surface area contributed by atoms with Crippen molar-refractivity contribution < 1.29 is 4.79 Å². The lowest BCUT2D eigenvalue weighted by atomic mass is 10.1. The number of fused-ring (bicyclic) bond motifs is 1. The molecular formula is C16H22N4O2. The monoisotopic (exact) mass is 302 g/mol. The average Bonchev–Trinajstić information content (AvgIpc) is 2.71. The van der Waals surface area contributed by atoms with Crippen molar-refractivity contribution in [2.24, 2.45) is 14.1 Å². The molecule has 6 nitrogen and oxygen atoms in total. The van der Waals surface area contributed by atoms with Crippen LogP contribution in [0.1, 0.15) is 26.2 Å². The van der Waals surface area contributed by atoms with Gasteiger partial charge in [-0.1, -0.05) is 0 Å². The van der Waals surface area contributed by atoms with Gasteiger partial charge in [0.1, 0.15) is 0 Å². The van der Waals surface area contributed by atoms with E-state index in [1.165, 1.54) is 13.3 Å². The lowest BCUT2D eigenvalue weighted by Gasteiger charge is -2.30. The SMILES string of the molecule is CC(=O)Nc1cc2c(cc1N1CCCCC1)n(C)c(=O)n2C. The van der Waals surface area contributed by atoms with Crippen molar-refractivity contribution in [3.05, 3.63) is 22.6 Å². The summed E-state index contributed by atoms with van der Waals surface area (Å²) in [5.41, 5.74) is 3.45. The van der Waals surface area contributed by atoms with E-state index in [-0.39, 0.29) is 11.6 Å². The summed E-state index contributed by atoms with van der Waals surface area (Å²) in [6, 6.07) is 3.93. The largest absolute Gasteiger partial charge is 0.370 e. The summed E-state index contributed by atoms with van der Waals surface area (Å²) in [5, 5.41) is 2.91. The average molecular weight is 302 g/mol. The van der Waals surface area contributed by atoms with E-state index >= 15 is 0 Å². The maximum Gasteiger partial charge on any atom is 0.328 e. The van der Waals surface area contributed by atoms with Crippen LogP contribution >= 0.6 is 0 Å². The summed E-state index contributed by atoms with van der Waals surface area (Å²) in [6.07, 6.45) is 3.56. The molecule has 1 aromatic carbocycles. The van der Waals surface area contributed by atoms with Crippen LogP contribution in [0, 0.1) is 0 Å². The second kappa shape index (κ2) is 5.51. The first-order chi connectivity index (χ1) is 10.5. The van der Waals surface area contributed by atoms with Gasteiger partial charge in [-0.15, -0.1) is 0 Å². The number of benzene rings is 1. The van der Waals surface area contributed by atoms with Crippen LogP contribution in [0.25, 0.3) is 11.0 Å². The van der Waals surface area contributed by atoms with Crippen LogP contribution in [0.15, 0.2) is 16.9 Å². The molecule has 118 valence electrons. The van der Waals surface area contributed by atoms with Gasteiger partial charge in [0, 0.05) is 34.1 Å². The third-order valence-corrected chi connectivity index (χ3v) is 4.40. The van der Waals surface area contributed by atoms with Gasteiger partial charge in [-0.2, -0.15) is 0 Å². The van der Waals surface area contributed by atoms with Crippen LogP contribution in [0.3, 0.4) is 0 Å². The summed E-state index contributed by atoms with van der Waals surface area (Å²) in [5.74, 6) is -0.0986. The second-order valence-electron chi connectivity index (χ2n) is 5.99. The summed E-state index contributed by atoms with van der Waals surface area (Å²) in [4.78, 5) is 26.0. The Kier molecular flexibility index (Phi) is 3.68. The fourth-order valence-corrected chi connectivity index (χ4v) is 3.22. The van der Waals surface area contributed by atoms with Gasteiger partial charge in [-0.05, 0) is 31.4 Å². The zero-order chi connectivity index (χ0) is 15.9. The minimum absolute atomic E-state index is 0.0560. The highest BCUT2D eigenvalue weighted by Crippen LogP contribution is 2.32. The summed E-state index contributed by atoms with van der Waals surface area (Å²) < 4.78 is 3.26. The molecule has 0 radical (unpaired) electrons. The van der Waals surface area contributed by atoms with Gasteiger partial charge >= 0.3 is 5.69 Å². The molecule has 1 aliphatic rings. The fraction of sp³-hybridized carbons (Fsp3) is 0.500. The maximum absolute atomic E-state index is 12.1. The van der Waals surface area contributed by atoms with Crippen LogP contribution in [-0.2, 0) is 18.9 Å². The number of hydrogen-bond donors (Lipinski definition) is 1. The minimum Gasteiger partial charge on any atom is -0.370 e. The van der Waals surface area contributed by atoms with Crippen molar-refractivity contribution >= 4 is 28.3 Å². The van der Waals surface area contributed by atoms with Crippen molar-refractivity contribution in [1.29, 1.82) is 0 Å². The molecule has 1 amide bonds. The van der Waals surface area contributed by atoms with E-state index in [9.17, 15) is 9.59 Å². The molecule has 0 aliphatic carbocycles. The lowest BCUT2D eigenvalue weighted by Crippen LogP contribution is -2.30. The Morgan fingerprint density at radius 3 is 2.23 bits per heavy atom. The highest BCUT2D eigenvalue weighted by Gasteiger charge is 2.19. The number of nitrogens with one attached hydrogen (secondary N) is 1. The quantitative estimate of drug-likeness (QED) is 0.920. The van der Waals surface area contributed by atoms with Crippen LogP contribution in [0.4, 0.5) is 11.4 Å². The van der Waals surface area contributed by atoms with Crippen LogP contribution < -0.4 is 15.9 Å². The second-order valence-corrected chi connectivity index (χ2v) is 5.99. The van der Waals surface area contributed by atoms with Gasteiger partial charge in [0.15, 0.2) is 0 Å². The van der Waals surface area contributed by atoms with E-state index < -0.39 is 0 Å². The third-order valence-electron chi connectivity index (χ3n) is 4.40. The van der Waals surface area contributed by atoms with Crippen LogP contribution in [0.2, 0.25) is 0 Å². The van der Waals surface area contributed by atoms with E-state index in [2.05, 4.69) is 10.2 Å². The lowest BCUT2D eigenvalue weighted by molar-refractivity contribution is -0.114. The van der Waals surface area contributed by atoms with Gasteiger partial charge in [-0.25, -0.2) is 4.79 Å². The predicted molar refractivity (Wildman–Crippen MR) is 88.5 cm³/mol. The van der Waals surface area contributed by atoms with Gasteiger partial charge in [0.2, 0.25) is 5.91 Å². The van der Waals surface area contributed by atoms with E-state index in [1.807, 2.05) is 12.1 Å². The molecule has 1 N–H and O–H groups in total. The first kappa shape index (κ1) is 14.7. The Morgan fingerprint density at radius 2 is 1.64 bits per heavy atom. The molecule has 0 unspecified atom stereocenters. The molecule has 3 rings (SSSR count). The summed E-state index contributed by atoms with van der Waals surface area (Å²) in [6.45, 7) is 3.48. The van der Waals surface area contributed by atoms with Gasteiger partial charge < -0.3 is 10.2 Å². The first-order valence-corrected chi connectivity index (χ1v) is 7.71. The van der Waals surface area contributed by atoms with E-state index in [0.717, 1.165) is 48.3 Å². The van der Waals surface area contributed by atoms with Crippen molar-refractivity contribution in [3.8, 4) is 0 Å². The van der Waals surface area contributed by atoms with E-state index in [4.69, 9.17) is 0 Å². The molecule has 0 bridgehead atoms. The first-order valence-electron chi connectivity index (χ1n) is 7.71. The molecule has 0 spiro atoms. The number of carbonyl (C=O) groups excluding carboxylic acids is 1. The Labute approximate surface area is 129 Å². The van der Waals surface area contributed by atoms with E-state index in [1.54, 1.807) is 23.2 Å². The molecule has 1 fully saturated rings. The standard InChI is InChI=1S/C16H22N4O2/c1-11(21)17-12-9-14-15(19(3)16(22)18(14)2)10-13(12)20-7-5-4-6-8-20/h9-10H,4-8H2,1-3H3,(H,17,21). The molecule has 0 saturated carbocycles. The van der Waals surface area contributed by atoms with Crippen molar-refractivity contribution in [3.63, 3.8) is 0 Å². The topological polar surface area (TPSA) is 59.3 Å². The number of rotatable bonds is 2. The zero-order valence-electron chi connectivity index (χ0n) is 13.3. The zero-order valence-corrected chi connectivity index (χ0v) is 13.3. The Hall–Kier alpha value is -2.24. The molecule has 2 aromatic rings. The molecule has 22 heavy (non-hydrogen) atoms. The molecule has 6 heteroatoms. The number of aryl methyl sites for hydroxylation is 2. The maximum atomic E-state index is 12.1. The minimum atomic E-state index is -0.0986. The third kappa shape index (κ3) is 2.38. The van der Waals surface area contributed by atoms with E-state index in [0.29, 0.717) is 0 Å². The van der Waals surface area contributed by atoms with Crippen LogP contribution in [0.5, 0.6) is 0 Å². The number of imidazole rings is 1. The Balaban J connectivity index is 2.20. The van der Waals surface area contributed by atoms with Crippen molar-refractivity contribution in [2.45, 2.75) is 26.2 Å². The number of aromatic nitrogens is 2. The summed E-state index contributed by atoms with van der Waals surface area (Å²) in [7, 11) is 3.53. The summed E-state index contributed by atoms with van der Waals surface area (Å²) >= 11 is 0. The molecule has 0 atom stereocenters. The molecule has 2 heterocycles. The number of carbonyl (C=O) groups is 1. The predicted octanol–water partition coefficient (Wildman–Crippen LogP) is 1.83. The van der Waals surface area contributed by atoms with Gasteiger partial charge in [-0.3, -0.25) is 13.9 Å². The molecular weight excluding hydrogens is 280 g/mol. The number of anilines is 2. The van der Waals surface area contributed by atoms with Crippen LogP contribution in [-0.4, -0.2) is 28.1 Å². The fourth-order valence-electron chi connectivity index (χ4n) is 3.22. The number of hydrogen-bond acceptors (Lipinski definition) is 3. The highest BCUT2D eigenvalue weighted by atomic mass is 16.2. The van der Waals surface area contributed by atoms with Crippen molar-refractivity contribution in [2.75, 3.05) is 23.3 Å². The number of amides is 1. The highest BCUT2D eigenvalue weighted by molar-refractivity contribution is 5.97. The Bertz CT molecular complexity index is 782. The Morgan fingerprint density at radius 1 is 1.05 bits per heavy atom. The smallest absolute Gasteiger partial charge is 0.328 e. The van der Waals surface area contributed by atoms with Gasteiger partial charge in [0.25, 0.3) is 0 Å². The van der Waals surface area contributed by atoms with Crippen molar-refractivity contribution in [1.82, 2.24) is 9.13 Å². The number of piperidine rings is 1. The molecule has 1 aliphatic heterocycles. The van der Waals surface area contributed by atoms with Gasteiger partial charge in [0.05, 0.1) is 22.4 Å².